The maximum Gasteiger partial charge on any atom is 0.351 e. The number of rotatable bonds is 6. The van der Waals surface area contributed by atoms with Crippen molar-refractivity contribution in [3.8, 4) is 17.6 Å². The lowest BCUT2D eigenvalue weighted by molar-refractivity contribution is -0.137. The number of benzene rings is 2. The summed E-state index contributed by atoms with van der Waals surface area (Å²) in [6.07, 6.45) is 1.32. The van der Waals surface area contributed by atoms with Gasteiger partial charge in [-0.25, -0.2) is 14.4 Å². The van der Waals surface area contributed by atoms with Crippen LogP contribution in [-0.2, 0) is 9.53 Å². The summed E-state index contributed by atoms with van der Waals surface area (Å²) in [5.41, 5.74) is -0.476. The van der Waals surface area contributed by atoms with Crippen LogP contribution in [-0.4, -0.2) is 25.7 Å². The van der Waals surface area contributed by atoms with Gasteiger partial charge in [0.15, 0.2) is 11.5 Å². The third-order valence-corrected chi connectivity index (χ3v) is 4.18. The molecule has 3 aromatic rings. The van der Waals surface area contributed by atoms with E-state index in [-0.39, 0.29) is 29.2 Å². The molecule has 1 aromatic heterocycles. The molecule has 0 unspecified atom stereocenters. The Kier molecular flexibility index (Phi) is 6.48. The molecular weight excluding hydrogens is 402 g/mol. The molecule has 0 atom stereocenters. The Labute approximate surface area is 176 Å². The van der Waals surface area contributed by atoms with Crippen molar-refractivity contribution in [2.75, 3.05) is 13.7 Å². The van der Waals surface area contributed by atoms with Crippen LogP contribution in [0, 0.1) is 11.3 Å². The van der Waals surface area contributed by atoms with E-state index in [4.69, 9.17) is 23.9 Å². The maximum absolute atomic E-state index is 12.6. The minimum absolute atomic E-state index is 0.0480. The lowest BCUT2D eigenvalue weighted by atomic mass is 10.1. The lowest BCUT2D eigenvalue weighted by Gasteiger charge is -2.10. The van der Waals surface area contributed by atoms with E-state index in [2.05, 4.69) is 0 Å². The monoisotopic (exact) mass is 419 g/mol. The van der Waals surface area contributed by atoms with Crippen molar-refractivity contribution in [2.45, 2.75) is 6.92 Å². The van der Waals surface area contributed by atoms with Gasteiger partial charge in [0.1, 0.15) is 22.8 Å². The van der Waals surface area contributed by atoms with Crippen molar-refractivity contribution in [1.29, 1.82) is 5.26 Å². The van der Waals surface area contributed by atoms with E-state index in [0.29, 0.717) is 16.5 Å². The molecule has 0 N–H and O–H groups in total. The molecule has 0 saturated carbocycles. The predicted octanol–water partition coefficient (Wildman–Crippen LogP) is 3.49. The van der Waals surface area contributed by atoms with Gasteiger partial charge in [-0.2, -0.15) is 5.26 Å². The number of methoxy groups -OCH3 is 1. The Morgan fingerprint density at radius 1 is 1.13 bits per heavy atom. The smallest absolute Gasteiger partial charge is 0.351 e. The fourth-order valence-electron chi connectivity index (χ4n) is 2.73. The van der Waals surface area contributed by atoms with Crippen molar-refractivity contribution in [3.05, 3.63) is 75.7 Å². The molecule has 0 aliphatic rings. The Morgan fingerprint density at radius 3 is 2.61 bits per heavy atom. The normalized spacial score (nSPS) is 10.9. The lowest BCUT2D eigenvalue weighted by Crippen LogP contribution is -2.19. The van der Waals surface area contributed by atoms with Gasteiger partial charge in [0.05, 0.1) is 13.7 Å². The van der Waals surface area contributed by atoms with Crippen LogP contribution in [0.3, 0.4) is 0 Å². The summed E-state index contributed by atoms with van der Waals surface area (Å²) in [6.45, 7) is 1.77. The second kappa shape index (κ2) is 9.41. The minimum Gasteiger partial charge on any atom is -0.493 e. The molecule has 0 aliphatic carbocycles. The van der Waals surface area contributed by atoms with Crippen LogP contribution in [0.15, 0.2) is 63.3 Å². The second-order valence-electron chi connectivity index (χ2n) is 6.18. The first-order valence-electron chi connectivity index (χ1n) is 9.18. The highest BCUT2D eigenvalue weighted by atomic mass is 16.6. The van der Waals surface area contributed by atoms with E-state index in [0.717, 1.165) is 0 Å². The second-order valence-corrected chi connectivity index (χ2v) is 6.18. The summed E-state index contributed by atoms with van der Waals surface area (Å²) in [7, 11) is 1.36. The molecule has 0 spiro atoms. The highest BCUT2D eigenvalue weighted by molar-refractivity contribution is 5.98. The van der Waals surface area contributed by atoms with Gasteiger partial charge in [-0.15, -0.1) is 0 Å². The molecule has 2 aromatic carbocycles. The Bertz CT molecular complexity index is 1280. The molecule has 8 heteroatoms. The summed E-state index contributed by atoms with van der Waals surface area (Å²) in [4.78, 5) is 36.5. The molecule has 0 bridgehead atoms. The van der Waals surface area contributed by atoms with Crippen molar-refractivity contribution in [3.63, 3.8) is 0 Å². The van der Waals surface area contributed by atoms with Crippen LogP contribution in [0.2, 0.25) is 0 Å². The van der Waals surface area contributed by atoms with Gasteiger partial charge >= 0.3 is 17.6 Å². The van der Waals surface area contributed by atoms with Crippen molar-refractivity contribution in [1.82, 2.24) is 0 Å². The Morgan fingerprint density at radius 2 is 1.90 bits per heavy atom. The number of nitriles is 1. The molecular formula is C23H17NO7. The molecule has 3 rings (SSSR count). The van der Waals surface area contributed by atoms with Crippen LogP contribution in [0.25, 0.3) is 17.0 Å². The van der Waals surface area contributed by atoms with E-state index in [1.54, 1.807) is 37.3 Å². The third-order valence-electron chi connectivity index (χ3n) is 4.18. The highest BCUT2D eigenvalue weighted by Crippen LogP contribution is 2.30. The zero-order valence-corrected chi connectivity index (χ0v) is 16.7. The predicted molar refractivity (Wildman–Crippen MR) is 111 cm³/mol. The van der Waals surface area contributed by atoms with Gasteiger partial charge in [0, 0.05) is 5.39 Å². The van der Waals surface area contributed by atoms with E-state index in [9.17, 15) is 14.4 Å². The number of para-hydroxylation sites is 1. The molecule has 156 valence electrons. The SMILES string of the molecule is CCOC(=O)/C(C#N)=C/c1ccc(OC(=O)c2cc3ccccc3oc2=O)c(OC)c1. The van der Waals surface area contributed by atoms with Gasteiger partial charge < -0.3 is 18.6 Å². The Hall–Kier alpha value is -4.38. The fraction of sp³-hybridized carbons (Fsp3) is 0.130. The maximum atomic E-state index is 12.6. The summed E-state index contributed by atoms with van der Waals surface area (Å²) >= 11 is 0. The van der Waals surface area contributed by atoms with Crippen LogP contribution in [0.4, 0.5) is 0 Å². The number of carbonyl (C=O) groups is 2. The van der Waals surface area contributed by atoms with E-state index >= 15 is 0 Å². The molecule has 0 radical (unpaired) electrons. The number of carbonyl (C=O) groups excluding carboxylic acids is 2. The van der Waals surface area contributed by atoms with Gasteiger partial charge in [-0.05, 0) is 42.8 Å². The number of ether oxygens (including phenoxy) is 3. The van der Waals surface area contributed by atoms with Gasteiger partial charge in [-0.3, -0.25) is 0 Å². The first-order valence-corrected chi connectivity index (χ1v) is 9.18. The van der Waals surface area contributed by atoms with E-state index in [1.165, 1.54) is 37.5 Å². The van der Waals surface area contributed by atoms with Crippen LogP contribution < -0.4 is 15.1 Å². The number of fused-ring (bicyclic) bond motifs is 1. The van der Waals surface area contributed by atoms with Gasteiger partial charge in [-0.1, -0.05) is 24.3 Å². The number of hydrogen-bond donors (Lipinski definition) is 0. The molecule has 8 nitrogen and oxygen atoms in total. The number of hydrogen-bond acceptors (Lipinski definition) is 8. The zero-order chi connectivity index (χ0) is 22.4. The topological polar surface area (TPSA) is 116 Å². The zero-order valence-electron chi connectivity index (χ0n) is 16.7. The standard InChI is InChI=1S/C23H17NO7/c1-3-29-21(25)16(13-24)10-14-8-9-19(20(11-14)28-2)31-23(27)17-12-15-6-4-5-7-18(15)30-22(17)26/h4-12H,3H2,1-2H3/b16-10+. The number of nitrogens with zero attached hydrogens (tertiary/aromatic N) is 1. The van der Waals surface area contributed by atoms with Crippen molar-refractivity contribution in [2.24, 2.45) is 0 Å². The largest absolute Gasteiger partial charge is 0.493 e. The van der Waals surface area contributed by atoms with Crippen LogP contribution in [0.1, 0.15) is 22.8 Å². The first kappa shape index (κ1) is 21.3. The molecule has 0 amide bonds. The Balaban J connectivity index is 1.89. The van der Waals surface area contributed by atoms with Gasteiger partial charge in [0.25, 0.3) is 0 Å². The van der Waals surface area contributed by atoms with E-state index in [1.807, 2.05) is 0 Å². The summed E-state index contributed by atoms with van der Waals surface area (Å²) in [5, 5.41) is 9.73. The molecule has 0 fully saturated rings. The molecule has 0 aliphatic heterocycles. The summed E-state index contributed by atoms with van der Waals surface area (Å²) in [6, 6.07) is 14.4. The fourth-order valence-corrected chi connectivity index (χ4v) is 2.73. The molecule has 31 heavy (non-hydrogen) atoms. The van der Waals surface area contributed by atoms with Crippen molar-refractivity contribution >= 4 is 29.0 Å². The van der Waals surface area contributed by atoms with Crippen LogP contribution in [0.5, 0.6) is 11.5 Å². The van der Waals surface area contributed by atoms with E-state index < -0.39 is 17.6 Å². The van der Waals surface area contributed by atoms with Crippen molar-refractivity contribution < 1.29 is 28.2 Å². The average molecular weight is 419 g/mol. The third kappa shape index (κ3) is 4.79. The molecule has 0 saturated heterocycles. The minimum atomic E-state index is -0.912. The van der Waals surface area contributed by atoms with Gasteiger partial charge in [0.2, 0.25) is 0 Å². The summed E-state index contributed by atoms with van der Waals surface area (Å²) in [5.74, 6) is -1.45. The summed E-state index contributed by atoms with van der Waals surface area (Å²) < 4.78 is 20.5. The number of esters is 2. The quantitative estimate of drug-likeness (QED) is 0.196. The highest BCUT2D eigenvalue weighted by Gasteiger charge is 2.18. The molecule has 1 heterocycles. The van der Waals surface area contributed by atoms with Crippen LogP contribution >= 0.6 is 0 Å². The first-order chi connectivity index (χ1) is 15.0. The average Bonchev–Trinajstić information content (AvgIpc) is 2.77.